The maximum absolute atomic E-state index is 13.5. The van der Waals surface area contributed by atoms with Gasteiger partial charge in [-0.05, 0) is 106 Å². The third-order valence-electron chi connectivity index (χ3n) is 6.01. The number of benzene rings is 2. The molecular formula is C30H33BClF6NO. The minimum Gasteiger partial charge on any atom is -0.493 e. The van der Waals surface area contributed by atoms with Gasteiger partial charge in [0.25, 0.3) is 0 Å². The second kappa shape index (κ2) is 16.2. The summed E-state index contributed by atoms with van der Waals surface area (Å²) in [4.78, 5) is 0. The summed E-state index contributed by atoms with van der Waals surface area (Å²) in [5.41, 5.74) is 4.95. The quantitative estimate of drug-likeness (QED) is 0.0942. The van der Waals surface area contributed by atoms with Crippen molar-refractivity contribution in [3.8, 4) is 0 Å². The van der Waals surface area contributed by atoms with Crippen molar-refractivity contribution in [2.75, 3.05) is 19.7 Å². The first kappa shape index (κ1) is 33.0. The van der Waals surface area contributed by atoms with Crippen molar-refractivity contribution in [3.63, 3.8) is 0 Å². The molecule has 0 atom stereocenters. The maximum Gasteiger partial charge on any atom is 0.673 e. The highest BCUT2D eigenvalue weighted by Crippen LogP contribution is 2.33. The van der Waals surface area contributed by atoms with Crippen LogP contribution in [0.3, 0.4) is 0 Å². The van der Waals surface area contributed by atoms with Crippen LogP contribution < -0.4 is 0 Å². The number of halogens is 7. The average Bonchev–Trinajstić information content (AvgIpc) is 2.90. The van der Waals surface area contributed by atoms with E-state index in [0.29, 0.717) is 12.4 Å². The first-order valence-corrected chi connectivity index (χ1v) is 13.5. The van der Waals surface area contributed by atoms with Gasteiger partial charge in [-0.25, -0.2) is 13.4 Å². The van der Waals surface area contributed by atoms with Gasteiger partial charge in [0.05, 0.1) is 6.61 Å². The van der Waals surface area contributed by atoms with Crippen LogP contribution >= 0.6 is 11.6 Å². The van der Waals surface area contributed by atoms with E-state index in [4.69, 9.17) is 16.3 Å². The van der Waals surface area contributed by atoms with E-state index in [1.165, 1.54) is 24.3 Å². The largest absolute Gasteiger partial charge is 0.673 e. The van der Waals surface area contributed by atoms with E-state index >= 15 is 0 Å². The van der Waals surface area contributed by atoms with Crippen LogP contribution in [0.1, 0.15) is 51.2 Å². The molecule has 1 aliphatic rings. The minimum atomic E-state index is -6.00. The lowest BCUT2D eigenvalue weighted by Gasteiger charge is -2.17. The lowest BCUT2D eigenvalue weighted by molar-refractivity contribution is -0.519. The molecule has 0 unspecified atom stereocenters. The van der Waals surface area contributed by atoms with E-state index in [-0.39, 0.29) is 11.6 Å². The normalized spacial score (nSPS) is 15.2. The second-order valence-electron chi connectivity index (χ2n) is 8.75. The highest BCUT2D eigenvalue weighted by molar-refractivity contribution is 6.50. The van der Waals surface area contributed by atoms with Crippen LogP contribution in [0.4, 0.5) is 26.0 Å². The number of hydrogen-bond acceptors (Lipinski definition) is 1. The SMILES string of the molecule is CCO/C(=C/C=C1\CCCC(/C=C/C(c2ccc(F)cc2)=[N+](CC)CC)=C1Cl)c1ccc(F)cc1.F[B-](F)(F)F. The van der Waals surface area contributed by atoms with E-state index in [9.17, 15) is 26.0 Å². The van der Waals surface area contributed by atoms with E-state index < -0.39 is 7.25 Å². The van der Waals surface area contributed by atoms with Gasteiger partial charge in [-0.3, -0.25) is 0 Å². The van der Waals surface area contributed by atoms with Crippen LogP contribution in [0.2, 0.25) is 0 Å². The molecule has 2 aromatic rings. The van der Waals surface area contributed by atoms with E-state index in [1.54, 1.807) is 12.1 Å². The summed E-state index contributed by atoms with van der Waals surface area (Å²) < 4.78 is 73.9. The highest BCUT2D eigenvalue weighted by atomic mass is 35.5. The van der Waals surface area contributed by atoms with E-state index in [1.807, 2.05) is 31.2 Å². The molecule has 0 fully saturated rings. The van der Waals surface area contributed by atoms with E-state index in [2.05, 4.69) is 30.6 Å². The lowest BCUT2D eigenvalue weighted by atomic mass is 9.93. The zero-order valence-corrected chi connectivity index (χ0v) is 23.5. The van der Waals surface area contributed by atoms with Crippen molar-refractivity contribution in [2.45, 2.75) is 40.0 Å². The van der Waals surface area contributed by atoms with Gasteiger partial charge in [0.15, 0.2) is 0 Å². The number of nitrogens with zero attached hydrogens (tertiary/aromatic N) is 1. The summed E-state index contributed by atoms with van der Waals surface area (Å²) in [7, 11) is -6.00. The first-order chi connectivity index (χ1) is 19.0. The summed E-state index contributed by atoms with van der Waals surface area (Å²) in [5.74, 6) is 0.157. The third-order valence-corrected chi connectivity index (χ3v) is 6.49. The van der Waals surface area contributed by atoms with Gasteiger partial charge in [0, 0.05) is 22.2 Å². The maximum atomic E-state index is 13.5. The van der Waals surface area contributed by atoms with Crippen molar-refractivity contribution < 1.29 is 35.4 Å². The number of hydrogen-bond donors (Lipinski definition) is 0. The molecule has 40 heavy (non-hydrogen) atoms. The van der Waals surface area contributed by atoms with Crippen LogP contribution in [-0.2, 0) is 4.74 Å². The smallest absolute Gasteiger partial charge is 0.493 e. The average molecular weight is 584 g/mol. The summed E-state index contributed by atoms with van der Waals surface area (Å²) in [5, 5.41) is 0.747. The summed E-state index contributed by atoms with van der Waals surface area (Å²) in [6.07, 6.45) is 10.8. The molecule has 3 rings (SSSR count). The van der Waals surface area contributed by atoms with Crippen LogP contribution in [0.15, 0.2) is 89.0 Å². The molecule has 0 aliphatic heterocycles. The Hall–Kier alpha value is -3.20. The van der Waals surface area contributed by atoms with Gasteiger partial charge >= 0.3 is 7.25 Å². The molecule has 0 bridgehead atoms. The van der Waals surface area contributed by atoms with Crippen molar-refractivity contribution >= 4 is 30.3 Å². The minimum absolute atomic E-state index is 0.246. The van der Waals surface area contributed by atoms with Gasteiger partial charge in [-0.2, -0.15) is 0 Å². The second-order valence-corrected chi connectivity index (χ2v) is 9.13. The van der Waals surface area contributed by atoms with Crippen LogP contribution in [0.25, 0.3) is 5.76 Å². The Morgan fingerprint density at radius 2 is 1.40 bits per heavy atom. The Labute approximate surface area is 237 Å². The predicted molar refractivity (Wildman–Crippen MR) is 152 cm³/mol. The summed E-state index contributed by atoms with van der Waals surface area (Å²) in [6, 6.07) is 12.9. The monoisotopic (exact) mass is 583 g/mol. The number of ether oxygens (including phenoxy) is 1. The van der Waals surface area contributed by atoms with Gasteiger partial charge in [-0.1, -0.05) is 23.8 Å². The van der Waals surface area contributed by atoms with Gasteiger partial charge in [0.1, 0.15) is 30.5 Å². The van der Waals surface area contributed by atoms with Crippen LogP contribution in [-0.4, -0.2) is 37.2 Å². The molecule has 0 amide bonds. The molecule has 0 spiro atoms. The Bertz CT molecular complexity index is 1250. The molecule has 10 heteroatoms. The van der Waals surface area contributed by atoms with Crippen molar-refractivity contribution in [1.29, 1.82) is 0 Å². The summed E-state index contributed by atoms with van der Waals surface area (Å²) >= 11 is 6.84. The molecule has 1 aliphatic carbocycles. The summed E-state index contributed by atoms with van der Waals surface area (Å²) in [6.45, 7) is 8.35. The molecule has 2 aromatic carbocycles. The molecule has 0 aromatic heterocycles. The fourth-order valence-electron chi connectivity index (χ4n) is 4.13. The van der Waals surface area contributed by atoms with Gasteiger partial charge in [0.2, 0.25) is 5.71 Å². The molecule has 0 heterocycles. The molecule has 0 N–H and O–H groups in total. The van der Waals surface area contributed by atoms with Crippen molar-refractivity contribution in [1.82, 2.24) is 0 Å². The van der Waals surface area contributed by atoms with Crippen molar-refractivity contribution in [3.05, 3.63) is 112 Å². The molecule has 216 valence electrons. The zero-order chi connectivity index (χ0) is 29.7. The zero-order valence-electron chi connectivity index (χ0n) is 22.7. The fraction of sp³-hybridized carbons (Fsp3) is 0.300. The number of rotatable bonds is 9. The van der Waals surface area contributed by atoms with Gasteiger partial charge in [-0.15, -0.1) is 0 Å². The van der Waals surface area contributed by atoms with E-state index in [0.717, 1.165) is 65.4 Å². The Kier molecular flexibility index (Phi) is 13.3. The number of allylic oxidation sites excluding steroid dienone is 7. The third kappa shape index (κ3) is 11.1. The highest BCUT2D eigenvalue weighted by Gasteiger charge is 2.20. The van der Waals surface area contributed by atoms with Crippen LogP contribution in [0.5, 0.6) is 0 Å². The first-order valence-electron chi connectivity index (χ1n) is 13.1. The Morgan fingerprint density at radius 3 is 1.90 bits per heavy atom. The Morgan fingerprint density at radius 1 is 0.875 bits per heavy atom. The fourth-order valence-corrected chi connectivity index (χ4v) is 4.45. The predicted octanol–water partition coefficient (Wildman–Crippen LogP) is 9.34. The molecular weight excluding hydrogens is 551 g/mol. The molecule has 0 radical (unpaired) electrons. The Balaban J connectivity index is 0.00000103. The standard InChI is InChI=1S/C30H33ClF2NO.BF4/c1-4-34(5-2)28(22-10-16-26(32)17-11-22)20-14-24-8-7-9-25(30(24)31)15-21-29(35-6-3)23-12-18-27(33)19-13-23;2-1(3,4)5/h10-21H,4-9H2,1-3H3;/q+1;-1/b20-14+,25-15+,29-21+;. The topological polar surface area (TPSA) is 12.2 Å². The van der Waals surface area contributed by atoms with Gasteiger partial charge < -0.3 is 22.0 Å². The molecule has 0 saturated heterocycles. The lowest BCUT2D eigenvalue weighted by Crippen LogP contribution is -2.20. The van der Waals surface area contributed by atoms with Crippen molar-refractivity contribution in [2.24, 2.45) is 0 Å². The van der Waals surface area contributed by atoms with Crippen LogP contribution in [0, 0.1) is 11.6 Å². The molecule has 0 saturated carbocycles. The molecule has 2 nitrogen and oxygen atoms in total.